The number of aromatic nitrogens is 2. The lowest BCUT2D eigenvalue weighted by atomic mass is 10.1. The van der Waals surface area contributed by atoms with Crippen molar-refractivity contribution >= 4 is 5.91 Å². The second kappa shape index (κ2) is 5.34. The normalized spacial score (nSPS) is 17.6. The Morgan fingerprint density at radius 2 is 2.33 bits per heavy atom. The lowest BCUT2D eigenvalue weighted by Crippen LogP contribution is -2.49. The maximum Gasteiger partial charge on any atom is 0.251 e. The van der Waals surface area contributed by atoms with Crippen LogP contribution in [0.4, 0.5) is 0 Å². The number of rotatable bonds is 5. The summed E-state index contributed by atoms with van der Waals surface area (Å²) in [4.78, 5) is 13.1. The molecule has 21 heavy (non-hydrogen) atoms. The average Bonchev–Trinajstić information content (AvgIpc) is 3.01. The van der Waals surface area contributed by atoms with Gasteiger partial charge in [-0.2, -0.15) is 5.10 Å². The van der Waals surface area contributed by atoms with E-state index in [1.807, 2.05) is 13.0 Å². The first-order valence-corrected chi connectivity index (χ1v) is 6.83. The largest absolute Gasteiger partial charge is 0.464 e. The van der Waals surface area contributed by atoms with E-state index in [4.69, 9.17) is 10.2 Å². The van der Waals surface area contributed by atoms with Gasteiger partial charge in [0.2, 0.25) is 0 Å². The zero-order valence-electron chi connectivity index (χ0n) is 11.8. The highest BCUT2D eigenvalue weighted by Gasteiger charge is 2.31. The van der Waals surface area contributed by atoms with Crippen molar-refractivity contribution < 1.29 is 14.3 Å². The number of primary amides is 1. The third-order valence-corrected chi connectivity index (χ3v) is 3.72. The van der Waals surface area contributed by atoms with Gasteiger partial charge in [-0.1, -0.05) is 0 Å². The summed E-state index contributed by atoms with van der Waals surface area (Å²) in [6.45, 7) is 3.92. The summed E-state index contributed by atoms with van der Waals surface area (Å²) in [5, 5.41) is 14.2. The van der Waals surface area contributed by atoms with Crippen LogP contribution in [0.2, 0.25) is 0 Å². The molecular weight excluding hydrogens is 272 g/mol. The van der Waals surface area contributed by atoms with Crippen LogP contribution in [0.5, 0.6) is 0 Å². The molecule has 112 valence electrons. The Bertz CT molecular complexity index is 642. The van der Waals surface area contributed by atoms with Gasteiger partial charge in [0.1, 0.15) is 17.6 Å². The number of β-amino-alcohol motifs (C(OH)–C–C–N with tert-alkyl or cyclic N) is 1. The molecule has 0 radical (unpaired) electrons. The number of hydrogen-bond donors (Lipinski definition) is 2. The number of aliphatic hydroxyl groups is 1. The molecule has 1 unspecified atom stereocenters. The van der Waals surface area contributed by atoms with E-state index in [0.717, 1.165) is 18.8 Å². The Balaban J connectivity index is 1.52. The molecule has 7 heteroatoms. The molecule has 0 saturated carbocycles. The van der Waals surface area contributed by atoms with Gasteiger partial charge in [-0.05, 0) is 19.1 Å². The molecule has 0 spiro atoms. The first-order valence-electron chi connectivity index (χ1n) is 6.83. The monoisotopic (exact) mass is 290 g/mol. The van der Waals surface area contributed by atoms with Gasteiger partial charge >= 0.3 is 0 Å². The van der Waals surface area contributed by atoms with Gasteiger partial charge in [0.25, 0.3) is 5.91 Å². The van der Waals surface area contributed by atoms with Crippen molar-refractivity contribution in [2.75, 3.05) is 19.6 Å². The van der Waals surface area contributed by atoms with E-state index in [1.165, 1.54) is 6.20 Å². The van der Waals surface area contributed by atoms with Crippen LogP contribution in [0.1, 0.15) is 34.0 Å². The van der Waals surface area contributed by atoms with Crippen molar-refractivity contribution in [1.82, 2.24) is 14.7 Å². The minimum atomic E-state index is -0.626. The molecule has 3 N–H and O–H groups in total. The highest BCUT2D eigenvalue weighted by molar-refractivity contribution is 5.92. The van der Waals surface area contributed by atoms with Gasteiger partial charge in [-0.15, -0.1) is 0 Å². The zero-order valence-corrected chi connectivity index (χ0v) is 11.8. The number of likely N-dealkylation sites (tertiary alicyclic amines) is 1. The number of aryl methyl sites for hydroxylation is 1. The second-order valence-electron chi connectivity index (χ2n) is 5.41. The predicted octanol–water partition coefficient (Wildman–Crippen LogP) is 0.474. The SMILES string of the molecule is Cc1ccc(C(O)CN2CC(n3cc(C(N)=O)cn3)C2)o1. The molecule has 1 fully saturated rings. The fourth-order valence-corrected chi connectivity index (χ4v) is 2.49. The summed E-state index contributed by atoms with van der Waals surface area (Å²) in [6, 6.07) is 3.85. The maximum absolute atomic E-state index is 11.0. The topological polar surface area (TPSA) is 97.5 Å². The molecule has 2 aromatic heterocycles. The third-order valence-electron chi connectivity index (χ3n) is 3.72. The van der Waals surface area contributed by atoms with Crippen LogP contribution >= 0.6 is 0 Å². The molecule has 0 bridgehead atoms. The van der Waals surface area contributed by atoms with Crippen molar-refractivity contribution in [3.8, 4) is 0 Å². The van der Waals surface area contributed by atoms with Gasteiger partial charge in [-0.3, -0.25) is 14.4 Å². The third kappa shape index (κ3) is 2.84. The maximum atomic E-state index is 11.0. The van der Waals surface area contributed by atoms with Gasteiger partial charge in [-0.25, -0.2) is 0 Å². The highest BCUT2D eigenvalue weighted by Crippen LogP contribution is 2.25. The smallest absolute Gasteiger partial charge is 0.251 e. The van der Waals surface area contributed by atoms with Crippen molar-refractivity contribution in [3.05, 3.63) is 41.6 Å². The van der Waals surface area contributed by atoms with E-state index >= 15 is 0 Å². The number of nitrogens with two attached hydrogens (primary N) is 1. The number of carbonyl (C=O) groups excluding carboxylic acids is 1. The molecule has 3 heterocycles. The van der Waals surface area contributed by atoms with Gasteiger partial charge < -0.3 is 15.3 Å². The molecule has 1 atom stereocenters. The Morgan fingerprint density at radius 3 is 2.90 bits per heavy atom. The standard InChI is InChI=1S/C14H18N4O3/c1-9-2-3-13(21-9)12(19)8-17-6-11(7-17)18-5-10(4-16-18)14(15)20/h2-5,11-12,19H,6-8H2,1H3,(H2,15,20). The summed E-state index contributed by atoms with van der Waals surface area (Å²) in [5.74, 6) is 0.910. The lowest BCUT2D eigenvalue weighted by Gasteiger charge is -2.39. The Hall–Kier alpha value is -2.12. The number of hydrogen-bond acceptors (Lipinski definition) is 5. The van der Waals surface area contributed by atoms with Crippen LogP contribution in [0.15, 0.2) is 28.9 Å². The molecule has 1 aliphatic rings. The fraction of sp³-hybridized carbons (Fsp3) is 0.429. The zero-order chi connectivity index (χ0) is 15.0. The first-order chi connectivity index (χ1) is 10.0. The van der Waals surface area contributed by atoms with Crippen molar-refractivity contribution in [3.63, 3.8) is 0 Å². The summed E-state index contributed by atoms with van der Waals surface area (Å²) in [6.07, 6.45) is 2.51. The van der Waals surface area contributed by atoms with Gasteiger partial charge in [0.05, 0.1) is 17.8 Å². The molecule has 1 amide bonds. The van der Waals surface area contributed by atoms with Crippen molar-refractivity contribution in [1.29, 1.82) is 0 Å². The van der Waals surface area contributed by atoms with Gasteiger partial charge in [0, 0.05) is 25.8 Å². The number of aliphatic hydroxyl groups excluding tert-OH is 1. The van der Waals surface area contributed by atoms with E-state index < -0.39 is 12.0 Å². The Morgan fingerprint density at radius 1 is 1.57 bits per heavy atom. The van der Waals surface area contributed by atoms with E-state index in [0.29, 0.717) is 17.9 Å². The minimum absolute atomic E-state index is 0.212. The minimum Gasteiger partial charge on any atom is -0.464 e. The van der Waals surface area contributed by atoms with E-state index in [2.05, 4.69) is 10.00 Å². The quantitative estimate of drug-likeness (QED) is 0.834. The van der Waals surface area contributed by atoms with E-state index in [-0.39, 0.29) is 6.04 Å². The Kier molecular flexibility index (Phi) is 3.52. The summed E-state index contributed by atoms with van der Waals surface area (Å²) < 4.78 is 7.16. The molecule has 0 aliphatic carbocycles. The molecule has 0 aromatic carbocycles. The molecule has 1 aliphatic heterocycles. The first kappa shape index (κ1) is 13.8. The highest BCUT2D eigenvalue weighted by atomic mass is 16.4. The molecule has 1 saturated heterocycles. The second-order valence-corrected chi connectivity index (χ2v) is 5.41. The summed E-state index contributed by atoms with van der Waals surface area (Å²) >= 11 is 0. The van der Waals surface area contributed by atoms with Crippen LogP contribution in [0, 0.1) is 6.92 Å². The molecule has 3 rings (SSSR count). The number of nitrogens with zero attached hydrogens (tertiary/aromatic N) is 3. The summed E-state index contributed by atoms with van der Waals surface area (Å²) in [7, 11) is 0. The number of carbonyl (C=O) groups is 1. The summed E-state index contributed by atoms with van der Waals surface area (Å²) in [5.41, 5.74) is 5.62. The molecule has 2 aromatic rings. The Labute approximate surface area is 121 Å². The number of furan rings is 1. The van der Waals surface area contributed by atoms with Crippen LogP contribution in [0.25, 0.3) is 0 Å². The molecular formula is C14H18N4O3. The van der Waals surface area contributed by atoms with Crippen LogP contribution in [-0.2, 0) is 0 Å². The fourth-order valence-electron chi connectivity index (χ4n) is 2.49. The van der Waals surface area contributed by atoms with Crippen LogP contribution in [-0.4, -0.2) is 45.3 Å². The molecule has 7 nitrogen and oxygen atoms in total. The van der Waals surface area contributed by atoms with Crippen LogP contribution in [0.3, 0.4) is 0 Å². The van der Waals surface area contributed by atoms with Crippen LogP contribution < -0.4 is 5.73 Å². The van der Waals surface area contributed by atoms with E-state index in [9.17, 15) is 9.90 Å². The van der Waals surface area contributed by atoms with E-state index in [1.54, 1.807) is 16.9 Å². The van der Waals surface area contributed by atoms with Crippen molar-refractivity contribution in [2.24, 2.45) is 5.73 Å². The number of amides is 1. The average molecular weight is 290 g/mol. The lowest BCUT2D eigenvalue weighted by molar-refractivity contribution is 0.0312. The van der Waals surface area contributed by atoms with Crippen molar-refractivity contribution in [2.45, 2.75) is 19.1 Å². The van der Waals surface area contributed by atoms with Gasteiger partial charge in [0.15, 0.2) is 0 Å². The predicted molar refractivity (Wildman–Crippen MR) is 74.6 cm³/mol.